The van der Waals surface area contributed by atoms with E-state index in [2.05, 4.69) is 25.0 Å². The molecular formula is C19H15N7O. The van der Waals surface area contributed by atoms with Crippen molar-refractivity contribution >= 4 is 16.7 Å². The van der Waals surface area contributed by atoms with Crippen molar-refractivity contribution in [3.63, 3.8) is 0 Å². The predicted molar refractivity (Wildman–Crippen MR) is 100 cm³/mol. The number of hydrogen-bond acceptors (Lipinski definition) is 5. The lowest BCUT2D eigenvalue weighted by Crippen LogP contribution is -2.21. The Hall–Kier alpha value is -3.81. The zero-order chi connectivity index (χ0) is 18.4. The molecule has 0 amide bonds. The van der Waals surface area contributed by atoms with Crippen molar-refractivity contribution in [2.24, 2.45) is 0 Å². The monoisotopic (exact) mass is 357 g/mol. The molecule has 0 aliphatic heterocycles. The smallest absolute Gasteiger partial charge is 0.303 e. The van der Waals surface area contributed by atoms with Crippen LogP contribution in [0, 0.1) is 0 Å². The van der Waals surface area contributed by atoms with Crippen LogP contribution in [0.1, 0.15) is 18.5 Å². The van der Waals surface area contributed by atoms with Crippen LogP contribution in [0.3, 0.4) is 0 Å². The second-order valence-corrected chi connectivity index (χ2v) is 6.28. The van der Waals surface area contributed by atoms with E-state index in [4.69, 9.17) is 0 Å². The molecule has 0 saturated carbocycles. The molecule has 1 atom stereocenters. The third-order valence-corrected chi connectivity index (χ3v) is 4.69. The summed E-state index contributed by atoms with van der Waals surface area (Å²) < 4.78 is 3.37. The summed E-state index contributed by atoms with van der Waals surface area (Å²) in [5.74, 6) is 0.499. The summed E-state index contributed by atoms with van der Waals surface area (Å²) >= 11 is 0. The van der Waals surface area contributed by atoms with Gasteiger partial charge in [0.2, 0.25) is 0 Å². The van der Waals surface area contributed by atoms with Gasteiger partial charge in [-0.2, -0.15) is 5.10 Å². The van der Waals surface area contributed by atoms with Crippen LogP contribution in [0.2, 0.25) is 0 Å². The number of benzene rings is 1. The third kappa shape index (κ3) is 2.42. The number of imidazole rings is 1. The maximum absolute atomic E-state index is 12.6. The molecule has 27 heavy (non-hydrogen) atoms. The van der Waals surface area contributed by atoms with Gasteiger partial charge in [0.25, 0.3) is 0 Å². The van der Waals surface area contributed by atoms with E-state index < -0.39 is 0 Å². The average molecular weight is 357 g/mol. The van der Waals surface area contributed by atoms with Crippen LogP contribution in [0.4, 0.5) is 0 Å². The standard InChI is InChI=1S/C19H15N7O/c1-12(13-5-3-2-4-6-13)26-18-15(23-19(26)27)10-21-17(24-18)14-9-22-25-8-7-20-11-16(14)25/h2-12H,1H3,(H,23,27). The highest BCUT2D eigenvalue weighted by Gasteiger charge is 2.18. The van der Waals surface area contributed by atoms with E-state index in [1.165, 1.54) is 0 Å². The summed E-state index contributed by atoms with van der Waals surface area (Å²) in [5.41, 5.74) is 3.54. The van der Waals surface area contributed by atoms with Crippen molar-refractivity contribution in [3.8, 4) is 11.4 Å². The Morgan fingerprint density at radius 2 is 1.96 bits per heavy atom. The fraction of sp³-hybridized carbons (Fsp3) is 0.105. The Bertz CT molecular complexity index is 1320. The SMILES string of the molecule is CC(c1ccccc1)n1c(=O)[nH]c2cnc(-c3cnn4ccncc34)nc21. The van der Waals surface area contributed by atoms with Crippen molar-refractivity contribution in [1.82, 2.24) is 34.1 Å². The molecule has 132 valence electrons. The molecule has 0 aliphatic rings. The van der Waals surface area contributed by atoms with Gasteiger partial charge in [0.1, 0.15) is 5.52 Å². The molecule has 8 heteroatoms. The topological polar surface area (TPSA) is 93.8 Å². The Morgan fingerprint density at radius 3 is 2.81 bits per heavy atom. The van der Waals surface area contributed by atoms with E-state index in [9.17, 15) is 4.79 Å². The molecule has 4 heterocycles. The van der Waals surface area contributed by atoms with E-state index in [0.29, 0.717) is 17.0 Å². The number of aromatic nitrogens is 7. The van der Waals surface area contributed by atoms with Gasteiger partial charge in [0.15, 0.2) is 11.5 Å². The Kier molecular flexibility index (Phi) is 3.36. The van der Waals surface area contributed by atoms with Gasteiger partial charge in [-0.15, -0.1) is 0 Å². The number of nitrogens with zero attached hydrogens (tertiary/aromatic N) is 6. The number of rotatable bonds is 3. The van der Waals surface area contributed by atoms with Crippen LogP contribution < -0.4 is 5.69 Å². The number of nitrogens with one attached hydrogen (secondary N) is 1. The second-order valence-electron chi connectivity index (χ2n) is 6.28. The van der Waals surface area contributed by atoms with Crippen molar-refractivity contribution in [3.05, 3.63) is 77.4 Å². The predicted octanol–water partition coefficient (Wildman–Crippen LogP) is 2.44. The van der Waals surface area contributed by atoms with E-state index in [-0.39, 0.29) is 11.7 Å². The zero-order valence-corrected chi connectivity index (χ0v) is 14.4. The highest BCUT2D eigenvalue weighted by molar-refractivity contribution is 5.79. The normalized spacial score (nSPS) is 12.6. The maximum Gasteiger partial charge on any atom is 0.328 e. The van der Waals surface area contributed by atoms with Crippen molar-refractivity contribution in [2.75, 3.05) is 0 Å². The van der Waals surface area contributed by atoms with Gasteiger partial charge in [0.05, 0.1) is 35.7 Å². The minimum Gasteiger partial charge on any atom is -0.303 e. The van der Waals surface area contributed by atoms with E-state index in [0.717, 1.165) is 16.6 Å². The van der Waals surface area contributed by atoms with Crippen molar-refractivity contribution in [1.29, 1.82) is 0 Å². The lowest BCUT2D eigenvalue weighted by Gasteiger charge is -2.13. The average Bonchev–Trinajstić information content (AvgIpc) is 3.28. The van der Waals surface area contributed by atoms with Gasteiger partial charge in [-0.25, -0.2) is 19.3 Å². The molecule has 0 spiro atoms. The first kappa shape index (κ1) is 15.4. The molecule has 1 N–H and O–H groups in total. The molecule has 0 fully saturated rings. The molecule has 8 nitrogen and oxygen atoms in total. The molecule has 5 aromatic rings. The summed E-state index contributed by atoms with van der Waals surface area (Å²) in [6, 6.07) is 9.69. The first-order chi connectivity index (χ1) is 13.2. The summed E-state index contributed by atoms with van der Waals surface area (Å²) in [6.45, 7) is 1.98. The quantitative estimate of drug-likeness (QED) is 0.535. The van der Waals surface area contributed by atoms with Crippen molar-refractivity contribution < 1.29 is 0 Å². The van der Waals surface area contributed by atoms with E-state index in [1.54, 1.807) is 40.1 Å². The Morgan fingerprint density at radius 1 is 1.11 bits per heavy atom. The molecule has 1 aromatic carbocycles. The van der Waals surface area contributed by atoms with Crippen LogP contribution >= 0.6 is 0 Å². The first-order valence-corrected chi connectivity index (χ1v) is 8.52. The molecule has 0 aliphatic carbocycles. The zero-order valence-electron chi connectivity index (χ0n) is 14.4. The molecule has 0 saturated heterocycles. The summed E-state index contributed by atoms with van der Waals surface area (Å²) in [6.07, 6.45) is 8.48. The van der Waals surface area contributed by atoms with Gasteiger partial charge < -0.3 is 4.98 Å². The van der Waals surface area contributed by atoms with E-state index in [1.807, 2.05) is 37.3 Å². The van der Waals surface area contributed by atoms with Crippen LogP contribution in [0.25, 0.3) is 28.1 Å². The summed E-state index contributed by atoms with van der Waals surface area (Å²) in [4.78, 5) is 28.6. The largest absolute Gasteiger partial charge is 0.328 e. The molecule has 0 bridgehead atoms. The molecule has 4 aromatic heterocycles. The van der Waals surface area contributed by atoms with Crippen LogP contribution in [0.5, 0.6) is 0 Å². The minimum absolute atomic E-state index is 0.166. The first-order valence-electron chi connectivity index (χ1n) is 8.52. The van der Waals surface area contributed by atoms with E-state index >= 15 is 0 Å². The second kappa shape index (κ2) is 5.87. The minimum atomic E-state index is -0.214. The summed E-state index contributed by atoms with van der Waals surface area (Å²) in [7, 11) is 0. The fourth-order valence-electron chi connectivity index (χ4n) is 3.29. The highest BCUT2D eigenvalue weighted by Crippen LogP contribution is 2.24. The van der Waals surface area contributed by atoms with Crippen LogP contribution in [-0.2, 0) is 0 Å². The fourth-order valence-corrected chi connectivity index (χ4v) is 3.29. The van der Waals surface area contributed by atoms with Gasteiger partial charge >= 0.3 is 5.69 Å². The highest BCUT2D eigenvalue weighted by atomic mass is 16.1. The van der Waals surface area contributed by atoms with Gasteiger partial charge in [-0.3, -0.25) is 9.55 Å². The number of H-pyrrole nitrogens is 1. The lowest BCUT2D eigenvalue weighted by atomic mass is 10.1. The van der Waals surface area contributed by atoms with Crippen LogP contribution in [-0.4, -0.2) is 34.1 Å². The van der Waals surface area contributed by atoms with Gasteiger partial charge in [0, 0.05) is 12.4 Å². The van der Waals surface area contributed by atoms with Gasteiger partial charge in [-0.05, 0) is 12.5 Å². The molecule has 1 unspecified atom stereocenters. The molecular weight excluding hydrogens is 342 g/mol. The lowest BCUT2D eigenvalue weighted by molar-refractivity contribution is 0.630. The molecule has 0 radical (unpaired) electrons. The third-order valence-electron chi connectivity index (χ3n) is 4.69. The van der Waals surface area contributed by atoms with Crippen molar-refractivity contribution in [2.45, 2.75) is 13.0 Å². The number of aromatic amines is 1. The number of fused-ring (bicyclic) bond motifs is 2. The summed E-state index contributed by atoms with van der Waals surface area (Å²) in [5, 5.41) is 4.31. The Balaban J connectivity index is 1.71. The van der Waals surface area contributed by atoms with Crippen LogP contribution in [0.15, 0.2) is 66.1 Å². The number of hydrogen-bond donors (Lipinski definition) is 1. The maximum atomic E-state index is 12.6. The molecule has 5 rings (SSSR count). The Labute approximate surface area is 153 Å². The van der Waals surface area contributed by atoms with Gasteiger partial charge in [-0.1, -0.05) is 30.3 Å².